The van der Waals surface area contributed by atoms with Crippen molar-refractivity contribution in [3.8, 4) is 11.5 Å². The van der Waals surface area contributed by atoms with Gasteiger partial charge in [-0.3, -0.25) is 0 Å². The third-order valence-electron chi connectivity index (χ3n) is 3.51. The van der Waals surface area contributed by atoms with Gasteiger partial charge >= 0.3 is 6.03 Å². The second-order valence-corrected chi connectivity index (χ2v) is 5.14. The SMILES string of the molecule is C=CCN(Cc1cc(OC)ccc1OC)C(=O)Nc1ccccc1. The Balaban J connectivity index is 2.18. The molecule has 2 aromatic rings. The Morgan fingerprint density at radius 1 is 1.17 bits per heavy atom. The van der Waals surface area contributed by atoms with Gasteiger partial charge in [0, 0.05) is 17.8 Å². The van der Waals surface area contributed by atoms with Crippen LogP contribution in [0.5, 0.6) is 11.5 Å². The highest BCUT2D eigenvalue weighted by atomic mass is 16.5. The Bertz CT molecular complexity index is 686. The van der Waals surface area contributed by atoms with Crippen molar-refractivity contribution in [1.29, 1.82) is 0 Å². The normalized spacial score (nSPS) is 9.92. The molecule has 1 N–H and O–H groups in total. The molecule has 5 heteroatoms. The molecule has 0 aromatic heterocycles. The molecule has 0 heterocycles. The van der Waals surface area contributed by atoms with Gasteiger partial charge in [0.25, 0.3) is 0 Å². The summed E-state index contributed by atoms with van der Waals surface area (Å²) in [6.07, 6.45) is 1.69. The number of ether oxygens (including phenoxy) is 2. The van der Waals surface area contributed by atoms with Crippen LogP contribution in [-0.4, -0.2) is 31.7 Å². The number of rotatable bonds is 7. The summed E-state index contributed by atoms with van der Waals surface area (Å²) in [5.74, 6) is 1.42. The third-order valence-corrected chi connectivity index (χ3v) is 3.51. The van der Waals surface area contributed by atoms with Gasteiger partial charge in [-0.05, 0) is 30.3 Å². The van der Waals surface area contributed by atoms with E-state index in [2.05, 4.69) is 11.9 Å². The Kier molecular flexibility index (Phi) is 6.25. The van der Waals surface area contributed by atoms with Crippen molar-refractivity contribution in [3.05, 3.63) is 66.7 Å². The standard InChI is InChI=1S/C19H22N2O3/c1-4-12-21(19(22)20-16-8-6-5-7-9-16)14-15-13-17(23-2)10-11-18(15)24-3/h4-11,13H,1,12,14H2,2-3H3,(H,20,22). The number of carbonyl (C=O) groups is 1. The molecule has 0 spiro atoms. The first kappa shape index (κ1) is 17.4. The largest absolute Gasteiger partial charge is 0.497 e. The first-order valence-corrected chi connectivity index (χ1v) is 7.60. The van der Waals surface area contributed by atoms with Crippen molar-refractivity contribution >= 4 is 11.7 Å². The Labute approximate surface area is 142 Å². The lowest BCUT2D eigenvalue weighted by Gasteiger charge is -2.23. The molecular weight excluding hydrogens is 304 g/mol. The minimum absolute atomic E-state index is 0.203. The number of carbonyl (C=O) groups excluding carboxylic acids is 1. The van der Waals surface area contributed by atoms with E-state index in [1.165, 1.54) is 0 Å². The van der Waals surface area contributed by atoms with Crippen molar-refractivity contribution in [2.75, 3.05) is 26.1 Å². The zero-order valence-electron chi connectivity index (χ0n) is 14.0. The van der Waals surface area contributed by atoms with Gasteiger partial charge in [-0.25, -0.2) is 4.79 Å². The Morgan fingerprint density at radius 3 is 2.54 bits per heavy atom. The van der Waals surface area contributed by atoms with Crippen LogP contribution < -0.4 is 14.8 Å². The quantitative estimate of drug-likeness (QED) is 0.785. The minimum Gasteiger partial charge on any atom is -0.497 e. The first-order valence-electron chi connectivity index (χ1n) is 7.60. The van der Waals surface area contributed by atoms with Crippen LogP contribution in [0.2, 0.25) is 0 Å². The number of urea groups is 1. The van der Waals surface area contributed by atoms with E-state index in [-0.39, 0.29) is 6.03 Å². The number of hydrogen-bond acceptors (Lipinski definition) is 3. The monoisotopic (exact) mass is 326 g/mol. The van der Waals surface area contributed by atoms with Gasteiger partial charge in [0.1, 0.15) is 11.5 Å². The van der Waals surface area contributed by atoms with Gasteiger partial charge in [-0.1, -0.05) is 24.3 Å². The molecule has 2 rings (SSSR count). The molecule has 2 aromatic carbocycles. The molecular formula is C19H22N2O3. The zero-order chi connectivity index (χ0) is 17.4. The zero-order valence-corrected chi connectivity index (χ0v) is 14.0. The number of nitrogens with one attached hydrogen (secondary N) is 1. The van der Waals surface area contributed by atoms with E-state index in [1.54, 1.807) is 25.2 Å². The van der Waals surface area contributed by atoms with Gasteiger partial charge < -0.3 is 19.7 Å². The highest BCUT2D eigenvalue weighted by Gasteiger charge is 2.16. The Hall–Kier alpha value is -2.95. The molecule has 0 atom stereocenters. The predicted molar refractivity (Wildman–Crippen MR) is 95.6 cm³/mol. The van der Waals surface area contributed by atoms with Crippen LogP contribution in [0.4, 0.5) is 10.5 Å². The summed E-state index contributed by atoms with van der Waals surface area (Å²) < 4.78 is 10.6. The summed E-state index contributed by atoms with van der Waals surface area (Å²) in [4.78, 5) is 14.2. The van der Waals surface area contributed by atoms with Crippen molar-refractivity contribution in [2.45, 2.75) is 6.54 Å². The number of amides is 2. The third kappa shape index (κ3) is 4.52. The fraction of sp³-hybridized carbons (Fsp3) is 0.211. The van der Waals surface area contributed by atoms with Crippen LogP contribution in [0.3, 0.4) is 0 Å². The lowest BCUT2D eigenvalue weighted by Crippen LogP contribution is -2.34. The van der Waals surface area contributed by atoms with Gasteiger partial charge in [0.05, 0.1) is 20.8 Å². The molecule has 24 heavy (non-hydrogen) atoms. The number of nitrogens with zero attached hydrogens (tertiary/aromatic N) is 1. The molecule has 0 aliphatic carbocycles. The summed E-state index contributed by atoms with van der Waals surface area (Å²) in [6, 6.07) is 14.7. The van der Waals surface area contributed by atoms with Gasteiger partial charge in [-0.15, -0.1) is 6.58 Å². The van der Waals surface area contributed by atoms with Crippen LogP contribution in [0.25, 0.3) is 0 Å². The molecule has 0 saturated carbocycles. The number of para-hydroxylation sites is 1. The molecule has 2 amide bonds. The van der Waals surface area contributed by atoms with Crippen molar-refractivity contribution < 1.29 is 14.3 Å². The van der Waals surface area contributed by atoms with Crippen molar-refractivity contribution in [2.24, 2.45) is 0 Å². The molecule has 0 aliphatic heterocycles. The fourth-order valence-corrected chi connectivity index (χ4v) is 2.31. The van der Waals surface area contributed by atoms with Crippen LogP contribution >= 0.6 is 0 Å². The summed E-state index contributed by atoms with van der Waals surface area (Å²) in [5.41, 5.74) is 1.61. The smallest absolute Gasteiger partial charge is 0.322 e. The predicted octanol–water partition coefficient (Wildman–Crippen LogP) is 3.92. The fourth-order valence-electron chi connectivity index (χ4n) is 2.31. The topological polar surface area (TPSA) is 50.8 Å². The van der Waals surface area contributed by atoms with Gasteiger partial charge in [0.15, 0.2) is 0 Å². The van der Waals surface area contributed by atoms with Gasteiger partial charge in [0.2, 0.25) is 0 Å². The van der Waals surface area contributed by atoms with E-state index in [1.807, 2.05) is 48.5 Å². The maximum Gasteiger partial charge on any atom is 0.322 e. The minimum atomic E-state index is -0.203. The molecule has 126 valence electrons. The maximum atomic E-state index is 12.6. The lowest BCUT2D eigenvalue weighted by atomic mass is 10.1. The van der Waals surface area contributed by atoms with Crippen LogP contribution in [-0.2, 0) is 6.54 Å². The van der Waals surface area contributed by atoms with Crippen molar-refractivity contribution in [3.63, 3.8) is 0 Å². The average Bonchev–Trinajstić information content (AvgIpc) is 2.62. The highest BCUT2D eigenvalue weighted by Crippen LogP contribution is 2.25. The molecule has 0 unspecified atom stereocenters. The molecule has 0 aliphatic rings. The number of anilines is 1. The summed E-state index contributed by atoms with van der Waals surface area (Å²) in [7, 11) is 3.21. The van der Waals surface area contributed by atoms with E-state index >= 15 is 0 Å². The molecule has 0 fully saturated rings. The van der Waals surface area contributed by atoms with Crippen LogP contribution in [0, 0.1) is 0 Å². The van der Waals surface area contributed by atoms with E-state index < -0.39 is 0 Å². The maximum absolute atomic E-state index is 12.6. The first-order chi connectivity index (χ1) is 11.7. The highest BCUT2D eigenvalue weighted by molar-refractivity contribution is 5.89. The number of benzene rings is 2. The molecule has 0 saturated heterocycles. The van der Waals surface area contributed by atoms with Crippen LogP contribution in [0.1, 0.15) is 5.56 Å². The second-order valence-electron chi connectivity index (χ2n) is 5.14. The number of methoxy groups -OCH3 is 2. The number of hydrogen-bond donors (Lipinski definition) is 1. The van der Waals surface area contributed by atoms with E-state index in [4.69, 9.17) is 9.47 Å². The lowest BCUT2D eigenvalue weighted by molar-refractivity contribution is 0.214. The molecule has 5 nitrogen and oxygen atoms in total. The van der Waals surface area contributed by atoms with E-state index in [0.717, 1.165) is 11.3 Å². The Morgan fingerprint density at radius 2 is 1.92 bits per heavy atom. The van der Waals surface area contributed by atoms with E-state index in [9.17, 15) is 4.79 Å². The van der Waals surface area contributed by atoms with Gasteiger partial charge in [-0.2, -0.15) is 0 Å². The van der Waals surface area contributed by atoms with E-state index in [0.29, 0.717) is 24.6 Å². The van der Waals surface area contributed by atoms with Crippen LogP contribution in [0.15, 0.2) is 61.2 Å². The second kappa shape index (κ2) is 8.62. The van der Waals surface area contributed by atoms with Crippen molar-refractivity contribution in [1.82, 2.24) is 4.90 Å². The summed E-state index contributed by atoms with van der Waals surface area (Å²) >= 11 is 0. The summed E-state index contributed by atoms with van der Waals surface area (Å²) in [5, 5.41) is 2.88. The summed E-state index contributed by atoms with van der Waals surface area (Å²) in [6.45, 7) is 4.53. The molecule has 0 radical (unpaired) electrons. The molecule has 0 bridgehead atoms. The average molecular weight is 326 g/mol.